The molecule has 2 amide bonds. The number of aromatic nitrogens is 2. The summed E-state index contributed by atoms with van der Waals surface area (Å²) in [6.45, 7) is 0.845. The summed E-state index contributed by atoms with van der Waals surface area (Å²) in [6, 6.07) is 1.79. The Labute approximate surface area is 192 Å². The number of nitrogens with two attached hydrogens (primary N) is 1. The number of nitrogens with one attached hydrogen (secondary N) is 2. The summed E-state index contributed by atoms with van der Waals surface area (Å²) in [5.74, 6) is -3.02. The van der Waals surface area contributed by atoms with Crippen molar-refractivity contribution < 1.29 is 18.4 Å². The first-order valence-corrected chi connectivity index (χ1v) is 10.8. The molecule has 8 nitrogen and oxygen atoms in total. The lowest BCUT2D eigenvalue weighted by molar-refractivity contribution is -0.148. The van der Waals surface area contributed by atoms with Gasteiger partial charge in [-0.2, -0.15) is 0 Å². The second-order valence-electron chi connectivity index (χ2n) is 7.76. The van der Waals surface area contributed by atoms with E-state index in [1.54, 1.807) is 0 Å². The number of anilines is 2. The fraction of sp³-hybridized carbons (Fsp3) is 0.400. The lowest BCUT2D eigenvalue weighted by atomic mass is 9.82. The standard InChI is InChI=1S/C20H20Cl2F2N6O2/c21-11-7-10(8-12(22)14(11)23)29-20(16-15(24)17(25)28-9-27-16)4-2-6-30(19(20)32)13-3-1-5-26-18(13)31/h7-9,13,29H,1-6H2,(H,26,31)(H2,25,27,28)/t13-,20?/m1/s1. The molecule has 4 N–H and O–H groups in total. The molecule has 2 aliphatic heterocycles. The molecule has 2 aliphatic rings. The number of rotatable bonds is 4. The minimum atomic E-state index is -1.73. The van der Waals surface area contributed by atoms with Gasteiger partial charge in [0, 0.05) is 18.8 Å². The summed E-state index contributed by atoms with van der Waals surface area (Å²) >= 11 is 11.8. The maximum atomic E-state index is 15.1. The number of benzene rings is 1. The van der Waals surface area contributed by atoms with Gasteiger partial charge in [0.25, 0.3) is 5.91 Å². The monoisotopic (exact) mass is 484 g/mol. The van der Waals surface area contributed by atoms with E-state index in [-0.39, 0.29) is 33.8 Å². The van der Waals surface area contributed by atoms with Gasteiger partial charge < -0.3 is 21.3 Å². The fourth-order valence-electron chi connectivity index (χ4n) is 4.27. The van der Waals surface area contributed by atoms with E-state index in [4.69, 9.17) is 28.9 Å². The molecule has 12 heteroatoms. The van der Waals surface area contributed by atoms with Crippen molar-refractivity contribution in [1.29, 1.82) is 0 Å². The van der Waals surface area contributed by atoms with Gasteiger partial charge >= 0.3 is 0 Å². The first-order chi connectivity index (χ1) is 15.2. The van der Waals surface area contributed by atoms with E-state index in [9.17, 15) is 14.0 Å². The number of hydrogen-bond donors (Lipinski definition) is 3. The number of carbonyl (C=O) groups excluding carboxylic acids is 2. The lowest BCUT2D eigenvalue weighted by Gasteiger charge is -2.45. The van der Waals surface area contributed by atoms with Gasteiger partial charge in [0.1, 0.15) is 18.1 Å². The quantitative estimate of drug-likeness (QED) is 0.575. The largest absolute Gasteiger partial charge is 0.381 e. The molecule has 2 atom stereocenters. The molecule has 2 fully saturated rings. The van der Waals surface area contributed by atoms with Crippen LogP contribution in [0.3, 0.4) is 0 Å². The smallest absolute Gasteiger partial charge is 0.255 e. The molecule has 0 bridgehead atoms. The van der Waals surface area contributed by atoms with Gasteiger partial charge in [0.2, 0.25) is 5.91 Å². The van der Waals surface area contributed by atoms with Crippen LogP contribution in [0.15, 0.2) is 18.5 Å². The van der Waals surface area contributed by atoms with Gasteiger partial charge in [-0.15, -0.1) is 0 Å². The zero-order valence-electron chi connectivity index (χ0n) is 16.8. The number of likely N-dealkylation sites (tertiary alicyclic amines) is 1. The van der Waals surface area contributed by atoms with Crippen molar-refractivity contribution >= 4 is 46.5 Å². The minimum Gasteiger partial charge on any atom is -0.381 e. The van der Waals surface area contributed by atoms with Crippen molar-refractivity contribution in [2.24, 2.45) is 0 Å². The third kappa shape index (κ3) is 3.81. The predicted molar refractivity (Wildman–Crippen MR) is 115 cm³/mol. The number of carbonyl (C=O) groups is 2. The van der Waals surface area contributed by atoms with Crippen LogP contribution in [-0.4, -0.2) is 45.8 Å². The van der Waals surface area contributed by atoms with Crippen molar-refractivity contribution in [1.82, 2.24) is 20.2 Å². The highest BCUT2D eigenvalue weighted by atomic mass is 35.5. The summed E-state index contributed by atoms with van der Waals surface area (Å²) < 4.78 is 29.1. The van der Waals surface area contributed by atoms with Crippen LogP contribution in [0.25, 0.3) is 0 Å². The number of piperidine rings is 2. The predicted octanol–water partition coefficient (Wildman–Crippen LogP) is 2.85. The molecular formula is C20H20Cl2F2N6O2. The van der Waals surface area contributed by atoms with Gasteiger partial charge in [0.15, 0.2) is 23.0 Å². The molecule has 3 heterocycles. The summed E-state index contributed by atoms with van der Waals surface area (Å²) in [7, 11) is 0. The van der Waals surface area contributed by atoms with E-state index < -0.39 is 34.9 Å². The van der Waals surface area contributed by atoms with Crippen molar-refractivity contribution in [2.75, 3.05) is 24.1 Å². The molecule has 1 unspecified atom stereocenters. The van der Waals surface area contributed by atoms with Crippen LogP contribution in [0, 0.1) is 11.6 Å². The Balaban J connectivity index is 1.83. The van der Waals surface area contributed by atoms with Gasteiger partial charge in [-0.1, -0.05) is 23.2 Å². The first-order valence-electron chi connectivity index (χ1n) is 10.0. The highest BCUT2D eigenvalue weighted by Gasteiger charge is 2.51. The van der Waals surface area contributed by atoms with E-state index in [2.05, 4.69) is 20.6 Å². The van der Waals surface area contributed by atoms with Crippen LogP contribution < -0.4 is 16.4 Å². The van der Waals surface area contributed by atoms with Gasteiger partial charge in [-0.25, -0.2) is 18.7 Å². The number of nitrogens with zero attached hydrogens (tertiary/aromatic N) is 3. The Morgan fingerprint density at radius 1 is 1.16 bits per heavy atom. The Morgan fingerprint density at radius 3 is 2.56 bits per heavy atom. The zero-order chi connectivity index (χ0) is 23.0. The zero-order valence-corrected chi connectivity index (χ0v) is 18.3. The Kier molecular flexibility index (Phi) is 6.09. The molecule has 0 aliphatic carbocycles. The SMILES string of the molecule is Nc1ncnc(C2(Nc3cc(Cl)c(F)c(Cl)c3)CCCN([C@@H]3CCCNC3=O)C2=O)c1F. The molecule has 2 saturated heterocycles. The van der Waals surface area contributed by atoms with E-state index in [1.165, 1.54) is 17.0 Å². The average Bonchev–Trinajstić information content (AvgIpc) is 2.76. The topological polar surface area (TPSA) is 113 Å². The molecular weight excluding hydrogens is 465 g/mol. The van der Waals surface area contributed by atoms with Crippen LogP contribution in [0.5, 0.6) is 0 Å². The van der Waals surface area contributed by atoms with E-state index in [0.717, 1.165) is 6.33 Å². The summed E-state index contributed by atoms with van der Waals surface area (Å²) in [4.78, 5) is 35.4. The molecule has 170 valence electrons. The molecule has 1 aromatic carbocycles. The van der Waals surface area contributed by atoms with Gasteiger partial charge in [0.05, 0.1) is 10.0 Å². The first kappa shape index (κ1) is 22.5. The molecule has 1 aromatic heterocycles. The van der Waals surface area contributed by atoms with Crippen molar-refractivity contribution in [3.8, 4) is 0 Å². The molecule has 0 radical (unpaired) electrons. The second kappa shape index (κ2) is 8.67. The molecule has 2 aromatic rings. The van der Waals surface area contributed by atoms with Crippen LogP contribution in [0.4, 0.5) is 20.3 Å². The van der Waals surface area contributed by atoms with Crippen molar-refractivity contribution in [3.05, 3.63) is 45.8 Å². The summed E-state index contributed by atoms with van der Waals surface area (Å²) in [5.41, 5.74) is 3.83. The number of halogens is 4. The normalized spacial score (nSPS) is 23.8. The van der Waals surface area contributed by atoms with Gasteiger partial charge in [-0.05, 0) is 37.8 Å². The molecule has 32 heavy (non-hydrogen) atoms. The lowest BCUT2D eigenvalue weighted by Crippen LogP contribution is -2.62. The highest BCUT2D eigenvalue weighted by molar-refractivity contribution is 6.35. The highest BCUT2D eigenvalue weighted by Crippen LogP contribution is 2.40. The Morgan fingerprint density at radius 2 is 1.88 bits per heavy atom. The van der Waals surface area contributed by atoms with Crippen LogP contribution in [0.1, 0.15) is 31.4 Å². The van der Waals surface area contributed by atoms with Crippen LogP contribution >= 0.6 is 23.2 Å². The second-order valence-corrected chi connectivity index (χ2v) is 8.57. The maximum Gasteiger partial charge on any atom is 0.255 e. The van der Waals surface area contributed by atoms with E-state index in [0.29, 0.717) is 32.4 Å². The van der Waals surface area contributed by atoms with E-state index in [1.807, 2.05) is 0 Å². The number of nitrogen functional groups attached to an aromatic ring is 1. The van der Waals surface area contributed by atoms with Crippen molar-refractivity contribution in [2.45, 2.75) is 37.3 Å². The molecule has 0 saturated carbocycles. The third-order valence-electron chi connectivity index (χ3n) is 5.77. The Hall–Kier alpha value is -2.72. The number of hydrogen-bond acceptors (Lipinski definition) is 6. The summed E-state index contributed by atoms with van der Waals surface area (Å²) in [6.07, 6.45) is 2.82. The number of amides is 2. The summed E-state index contributed by atoms with van der Waals surface area (Å²) in [5, 5.41) is 5.19. The maximum absolute atomic E-state index is 15.1. The third-order valence-corrected chi connectivity index (χ3v) is 6.32. The minimum absolute atomic E-state index is 0.136. The molecule has 0 spiro atoms. The van der Waals surface area contributed by atoms with Crippen LogP contribution in [-0.2, 0) is 15.1 Å². The van der Waals surface area contributed by atoms with E-state index >= 15 is 4.39 Å². The fourth-order valence-corrected chi connectivity index (χ4v) is 4.76. The Bertz CT molecular complexity index is 1070. The van der Waals surface area contributed by atoms with Crippen molar-refractivity contribution in [3.63, 3.8) is 0 Å². The molecule has 4 rings (SSSR count). The van der Waals surface area contributed by atoms with Crippen LogP contribution in [0.2, 0.25) is 10.0 Å². The average molecular weight is 485 g/mol. The van der Waals surface area contributed by atoms with Gasteiger partial charge in [-0.3, -0.25) is 9.59 Å².